The van der Waals surface area contributed by atoms with Gasteiger partial charge in [0.05, 0.1) is 10.9 Å². The molecule has 0 aliphatic carbocycles. The first-order valence-corrected chi connectivity index (χ1v) is 7.30. The third-order valence-electron chi connectivity index (χ3n) is 2.41. The average Bonchev–Trinajstić information content (AvgIpc) is 2.22. The number of carbonyl (C=O) groups excluding carboxylic acids is 1. The Kier molecular flexibility index (Phi) is 4.36. The van der Waals surface area contributed by atoms with E-state index in [2.05, 4.69) is 20.7 Å². The van der Waals surface area contributed by atoms with Crippen LogP contribution in [0.1, 0.15) is 12.5 Å². The second-order valence-electron chi connectivity index (χ2n) is 3.86. The molecule has 1 amide bonds. The van der Waals surface area contributed by atoms with Gasteiger partial charge in [-0.2, -0.15) is 4.72 Å². The molecule has 0 saturated carbocycles. The molecule has 5 N–H and O–H groups in total. The first-order valence-electron chi connectivity index (χ1n) is 5.02. The van der Waals surface area contributed by atoms with Crippen LogP contribution < -0.4 is 16.2 Å². The highest BCUT2D eigenvalue weighted by molar-refractivity contribution is 9.10. The molecule has 0 spiro atoms. The van der Waals surface area contributed by atoms with Gasteiger partial charge in [0.15, 0.2) is 0 Å². The maximum absolute atomic E-state index is 12.1. The maximum atomic E-state index is 12.1. The van der Waals surface area contributed by atoms with Crippen LogP contribution in [0.2, 0.25) is 0 Å². The quantitative estimate of drug-likeness (QED) is 0.694. The average molecular weight is 336 g/mol. The topological polar surface area (TPSA) is 115 Å². The zero-order valence-electron chi connectivity index (χ0n) is 9.90. The van der Waals surface area contributed by atoms with E-state index in [9.17, 15) is 13.2 Å². The minimum Gasteiger partial charge on any atom is -0.398 e. The summed E-state index contributed by atoms with van der Waals surface area (Å²) in [6.07, 6.45) is 0. The lowest BCUT2D eigenvalue weighted by Crippen LogP contribution is -2.42. The number of nitrogens with two attached hydrogens (primary N) is 2. The molecule has 0 saturated heterocycles. The minimum absolute atomic E-state index is 0.0162. The van der Waals surface area contributed by atoms with Gasteiger partial charge in [-0.25, -0.2) is 8.42 Å². The normalized spacial score (nSPS) is 13.3. The third-order valence-corrected chi connectivity index (χ3v) is 4.54. The van der Waals surface area contributed by atoms with E-state index in [0.29, 0.717) is 15.7 Å². The SMILES string of the molecule is Cc1c(N)cc(Br)cc1S(=O)(=O)NC(C)C(N)=O. The second-order valence-corrected chi connectivity index (χ2v) is 6.46. The van der Waals surface area contributed by atoms with Crippen LogP contribution in [0.25, 0.3) is 0 Å². The fourth-order valence-electron chi connectivity index (χ4n) is 1.31. The van der Waals surface area contributed by atoms with Gasteiger partial charge in [0, 0.05) is 10.2 Å². The molecular formula is C10H14BrN3O3S. The van der Waals surface area contributed by atoms with E-state index < -0.39 is 22.0 Å². The number of sulfonamides is 1. The number of amides is 1. The van der Waals surface area contributed by atoms with E-state index in [1.807, 2.05) is 0 Å². The summed E-state index contributed by atoms with van der Waals surface area (Å²) < 4.78 is 26.9. The Morgan fingerprint density at radius 1 is 1.44 bits per heavy atom. The molecule has 6 nitrogen and oxygen atoms in total. The predicted octanol–water partition coefficient (Wildman–Crippen LogP) is 0.492. The predicted molar refractivity (Wildman–Crippen MR) is 72.3 cm³/mol. The maximum Gasteiger partial charge on any atom is 0.241 e. The Morgan fingerprint density at radius 2 is 2.00 bits per heavy atom. The molecule has 18 heavy (non-hydrogen) atoms. The van der Waals surface area contributed by atoms with Crippen molar-refractivity contribution in [1.29, 1.82) is 0 Å². The highest BCUT2D eigenvalue weighted by Crippen LogP contribution is 2.26. The number of anilines is 1. The zero-order valence-corrected chi connectivity index (χ0v) is 12.3. The first-order chi connectivity index (χ1) is 8.15. The van der Waals surface area contributed by atoms with Crippen molar-refractivity contribution in [2.45, 2.75) is 24.8 Å². The fraction of sp³-hybridized carbons (Fsp3) is 0.300. The summed E-state index contributed by atoms with van der Waals surface area (Å²) in [4.78, 5) is 10.9. The molecule has 0 heterocycles. The van der Waals surface area contributed by atoms with Crippen molar-refractivity contribution >= 4 is 37.5 Å². The number of halogens is 1. The third kappa shape index (κ3) is 3.21. The number of hydrogen-bond donors (Lipinski definition) is 3. The molecule has 0 aliphatic heterocycles. The molecule has 0 radical (unpaired) electrons. The van der Waals surface area contributed by atoms with Crippen LogP contribution in [0.15, 0.2) is 21.5 Å². The molecule has 100 valence electrons. The second kappa shape index (κ2) is 5.25. The Bertz CT molecular complexity index is 586. The number of hydrogen-bond acceptors (Lipinski definition) is 4. The molecule has 8 heteroatoms. The molecular weight excluding hydrogens is 322 g/mol. The van der Waals surface area contributed by atoms with E-state index in [0.717, 1.165) is 0 Å². The van der Waals surface area contributed by atoms with Gasteiger partial charge in [-0.3, -0.25) is 4.79 Å². The lowest BCUT2D eigenvalue weighted by atomic mass is 10.2. The van der Waals surface area contributed by atoms with Gasteiger partial charge in [0.2, 0.25) is 15.9 Å². The minimum atomic E-state index is -3.84. The number of nitrogen functional groups attached to an aromatic ring is 1. The Labute approximate surface area is 114 Å². The summed E-state index contributed by atoms with van der Waals surface area (Å²) in [5, 5.41) is 0. The van der Waals surface area contributed by atoms with Crippen LogP contribution >= 0.6 is 15.9 Å². The van der Waals surface area contributed by atoms with Gasteiger partial charge in [0.25, 0.3) is 0 Å². The molecule has 1 aromatic carbocycles. The number of primary amides is 1. The van der Waals surface area contributed by atoms with Gasteiger partial charge in [-0.05, 0) is 31.5 Å². The smallest absolute Gasteiger partial charge is 0.241 e. The van der Waals surface area contributed by atoms with E-state index >= 15 is 0 Å². The van der Waals surface area contributed by atoms with Crippen LogP contribution in [-0.2, 0) is 14.8 Å². The standard InChI is InChI=1S/C10H14BrN3O3S/c1-5-8(12)3-7(11)4-9(5)18(16,17)14-6(2)10(13)15/h3-4,6,14H,12H2,1-2H3,(H2,13,15). The van der Waals surface area contributed by atoms with Gasteiger partial charge in [-0.15, -0.1) is 0 Å². The van der Waals surface area contributed by atoms with Crippen LogP contribution in [0.3, 0.4) is 0 Å². The van der Waals surface area contributed by atoms with Gasteiger partial charge in [-0.1, -0.05) is 15.9 Å². The fourth-order valence-corrected chi connectivity index (χ4v) is 3.45. The molecule has 1 unspecified atom stereocenters. The monoisotopic (exact) mass is 335 g/mol. The van der Waals surface area contributed by atoms with Gasteiger partial charge >= 0.3 is 0 Å². The van der Waals surface area contributed by atoms with E-state index in [1.165, 1.54) is 13.0 Å². The van der Waals surface area contributed by atoms with Gasteiger partial charge in [0.1, 0.15) is 0 Å². The molecule has 1 atom stereocenters. The Morgan fingerprint density at radius 3 is 2.50 bits per heavy atom. The Balaban J connectivity index is 3.25. The molecule has 1 rings (SSSR count). The summed E-state index contributed by atoms with van der Waals surface area (Å²) in [7, 11) is -3.84. The van der Waals surface area contributed by atoms with Crippen LogP contribution in [0.4, 0.5) is 5.69 Å². The van der Waals surface area contributed by atoms with Crippen molar-refractivity contribution in [2.24, 2.45) is 5.73 Å². The van der Waals surface area contributed by atoms with Crippen LogP contribution in [0, 0.1) is 6.92 Å². The lowest BCUT2D eigenvalue weighted by molar-refractivity contribution is -0.119. The van der Waals surface area contributed by atoms with Gasteiger partial charge < -0.3 is 11.5 Å². The highest BCUT2D eigenvalue weighted by Gasteiger charge is 2.23. The van der Waals surface area contributed by atoms with Crippen molar-refractivity contribution in [3.8, 4) is 0 Å². The lowest BCUT2D eigenvalue weighted by Gasteiger charge is -2.14. The molecule has 0 aliphatic rings. The largest absolute Gasteiger partial charge is 0.398 e. The van der Waals surface area contributed by atoms with Crippen molar-refractivity contribution in [2.75, 3.05) is 5.73 Å². The summed E-state index contributed by atoms with van der Waals surface area (Å²) in [5.74, 6) is -0.751. The number of rotatable bonds is 4. The number of benzene rings is 1. The molecule has 0 aromatic heterocycles. The van der Waals surface area contributed by atoms with Crippen molar-refractivity contribution in [1.82, 2.24) is 4.72 Å². The number of carbonyl (C=O) groups is 1. The highest BCUT2D eigenvalue weighted by atomic mass is 79.9. The summed E-state index contributed by atoms with van der Waals surface area (Å²) >= 11 is 3.17. The van der Waals surface area contributed by atoms with E-state index in [4.69, 9.17) is 11.5 Å². The van der Waals surface area contributed by atoms with Crippen molar-refractivity contribution < 1.29 is 13.2 Å². The van der Waals surface area contributed by atoms with Crippen LogP contribution in [0.5, 0.6) is 0 Å². The molecule has 1 aromatic rings. The molecule has 0 bridgehead atoms. The zero-order chi connectivity index (χ0) is 14.1. The van der Waals surface area contributed by atoms with E-state index in [1.54, 1.807) is 13.0 Å². The first kappa shape index (κ1) is 14.9. The van der Waals surface area contributed by atoms with E-state index in [-0.39, 0.29) is 4.90 Å². The number of nitrogens with one attached hydrogen (secondary N) is 1. The van der Waals surface area contributed by atoms with Crippen LogP contribution in [-0.4, -0.2) is 20.4 Å². The van der Waals surface area contributed by atoms with Crippen molar-refractivity contribution in [3.05, 3.63) is 22.2 Å². The summed E-state index contributed by atoms with van der Waals surface area (Å²) in [6, 6.07) is 2.03. The summed E-state index contributed by atoms with van der Waals surface area (Å²) in [5.41, 5.74) is 11.5. The molecule has 0 fully saturated rings. The Hall–Kier alpha value is -1.12. The summed E-state index contributed by atoms with van der Waals surface area (Å²) in [6.45, 7) is 2.96. The van der Waals surface area contributed by atoms with Crippen molar-refractivity contribution in [3.63, 3.8) is 0 Å².